The molecule has 2 aromatic heterocycles. The van der Waals surface area contributed by atoms with Gasteiger partial charge in [-0.25, -0.2) is 4.79 Å². The number of aromatic hydroxyl groups is 1. The maximum absolute atomic E-state index is 12.6. The van der Waals surface area contributed by atoms with Crippen LogP contribution in [0, 0.1) is 0 Å². The first kappa shape index (κ1) is 33.7. The minimum Gasteiger partial charge on any atom is -0.492 e. The lowest BCUT2D eigenvalue weighted by molar-refractivity contribution is -0.274. The smallest absolute Gasteiger partial charge is 0.492 e. The fourth-order valence-corrected chi connectivity index (χ4v) is 6.69. The van der Waals surface area contributed by atoms with Gasteiger partial charge in [-0.1, -0.05) is 6.07 Å². The van der Waals surface area contributed by atoms with Crippen molar-refractivity contribution in [3.63, 3.8) is 0 Å². The molecule has 2 aromatic carbocycles. The standard InChI is InChI=1S/C32H36F3N7O7/c33-32(34,35)49-20-4-2-18(3-5-20)37-31(47)38-19-10-15-40(16-11-19)17-12-24(43)36-13-1-14-41-27-21(22-8-9-25(44)39-28(22)45)6-7-23-26(27)30(46)42(48)29(23)41/h2-7,19,22,46,48H,1,8-17H2,(H,36,43)(H2,37,38,47)(H,39,44,45). The number of imide groups is 1. The molecule has 6 N–H and O–H groups in total. The molecule has 0 radical (unpaired) electrons. The zero-order chi connectivity index (χ0) is 34.9. The normalized spacial score (nSPS) is 17.8. The van der Waals surface area contributed by atoms with Crippen LogP contribution in [0.1, 0.15) is 50.0 Å². The number of aryl methyl sites for hydroxylation is 1. The Morgan fingerprint density at radius 1 is 1.02 bits per heavy atom. The summed E-state index contributed by atoms with van der Waals surface area (Å²) < 4.78 is 43.3. The third-order valence-corrected chi connectivity index (χ3v) is 9.02. The van der Waals surface area contributed by atoms with Crippen LogP contribution >= 0.6 is 0 Å². The average molecular weight is 688 g/mol. The van der Waals surface area contributed by atoms with Gasteiger partial charge in [0.1, 0.15) is 5.75 Å². The van der Waals surface area contributed by atoms with Gasteiger partial charge in [0.05, 0.1) is 16.8 Å². The van der Waals surface area contributed by atoms with Crippen LogP contribution in [0.15, 0.2) is 36.4 Å². The van der Waals surface area contributed by atoms with Gasteiger partial charge in [-0.15, -0.1) is 17.9 Å². The van der Waals surface area contributed by atoms with Crippen molar-refractivity contribution in [2.24, 2.45) is 0 Å². The Balaban J connectivity index is 0.924. The monoisotopic (exact) mass is 687 g/mol. The van der Waals surface area contributed by atoms with E-state index in [1.54, 1.807) is 12.1 Å². The van der Waals surface area contributed by atoms with E-state index in [2.05, 4.69) is 30.9 Å². The number of ether oxygens (including phenoxy) is 1. The van der Waals surface area contributed by atoms with Crippen LogP contribution < -0.4 is 26.0 Å². The molecule has 4 bridgehead atoms. The molecule has 2 saturated heterocycles. The van der Waals surface area contributed by atoms with Crippen molar-refractivity contribution in [1.29, 1.82) is 0 Å². The van der Waals surface area contributed by atoms with Crippen molar-refractivity contribution in [1.82, 2.24) is 30.1 Å². The summed E-state index contributed by atoms with van der Waals surface area (Å²) in [4.78, 5) is 51.4. The number of nitrogens with zero attached hydrogens (tertiary/aromatic N) is 3. The third kappa shape index (κ3) is 7.45. The second-order valence-electron chi connectivity index (χ2n) is 12.3. The minimum absolute atomic E-state index is 0.0948. The number of hydrogen-bond donors (Lipinski definition) is 6. The van der Waals surface area contributed by atoms with Gasteiger partial charge in [-0.2, -0.15) is 0 Å². The van der Waals surface area contributed by atoms with Gasteiger partial charge in [0, 0.05) is 62.7 Å². The van der Waals surface area contributed by atoms with E-state index in [-0.39, 0.29) is 42.3 Å². The maximum atomic E-state index is 12.6. The minimum atomic E-state index is -4.79. The molecule has 1 atom stereocenters. The molecule has 262 valence electrons. The highest BCUT2D eigenvalue weighted by Crippen LogP contribution is 2.44. The summed E-state index contributed by atoms with van der Waals surface area (Å²) in [6, 6.07) is 7.83. The van der Waals surface area contributed by atoms with Gasteiger partial charge in [0.2, 0.25) is 23.6 Å². The van der Waals surface area contributed by atoms with Gasteiger partial charge in [-0.3, -0.25) is 19.7 Å². The fourth-order valence-electron chi connectivity index (χ4n) is 6.69. The summed E-state index contributed by atoms with van der Waals surface area (Å²) in [5, 5.41) is 32.9. The van der Waals surface area contributed by atoms with Crippen molar-refractivity contribution in [2.45, 2.75) is 63.4 Å². The van der Waals surface area contributed by atoms with Crippen LogP contribution in [0.25, 0.3) is 21.9 Å². The number of piperidine rings is 2. The number of hydrogen-bond acceptors (Lipinski definition) is 8. The van der Waals surface area contributed by atoms with Gasteiger partial charge in [0.15, 0.2) is 5.65 Å². The van der Waals surface area contributed by atoms with Crippen molar-refractivity contribution < 1.29 is 47.4 Å². The Bertz CT molecular complexity index is 1850. The molecule has 17 heteroatoms. The van der Waals surface area contributed by atoms with Crippen LogP contribution in [0.4, 0.5) is 23.7 Å². The quantitative estimate of drug-likeness (QED) is 0.0787. The van der Waals surface area contributed by atoms with Crippen LogP contribution in [-0.2, 0) is 20.9 Å². The Labute approximate surface area is 277 Å². The molecule has 0 aliphatic carbocycles. The molecule has 0 spiro atoms. The zero-order valence-electron chi connectivity index (χ0n) is 26.3. The SMILES string of the molecule is O=C(CCN1CCC(NC(=O)Nc2ccc(OC(F)(F)F)cc2)CC1)NCCCn1c2c(C3CCC(=O)NC3=O)ccc3c2c(O)n(O)c31. The van der Waals surface area contributed by atoms with E-state index in [9.17, 15) is 42.7 Å². The second kappa shape index (κ2) is 13.7. The summed E-state index contributed by atoms with van der Waals surface area (Å²) in [6.07, 6.45) is -2.12. The number of aromatic nitrogens is 2. The number of amides is 5. The van der Waals surface area contributed by atoms with Crippen LogP contribution in [0.3, 0.4) is 0 Å². The number of carbonyl (C=O) groups excluding carboxylic acids is 4. The molecular formula is C32H36F3N7O7. The molecular weight excluding hydrogens is 651 g/mol. The van der Waals surface area contributed by atoms with Crippen molar-refractivity contribution in [2.75, 3.05) is 31.5 Å². The van der Waals surface area contributed by atoms with Crippen molar-refractivity contribution in [3.8, 4) is 11.6 Å². The second-order valence-corrected chi connectivity index (χ2v) is 12.3. The lowest BCUT2D eigenvalue weighted by Gasteiger charge is -2.32. The first-order valence-corrected chi connectivity index (χ1v) is 16.0. The number of halogens is 3. The predicted octanol–water partition coefficient (Wildman–Crippen LogP) is 3.58. The molecule has 14 nitrogen and oxygen atoms in total. The predicted molar refractivity (Wildman–Crippen MR) is 170 cm³/mol. The summed E-state index contributed by atoms with van der Waals surface area (Å²) >= 11 is 0. The number of benzene rings is 2. The highest BCUT2D eigenvalue weighted by molar-refractivity contribution is 6.15. The van der Waals surface area contributed by atoms with Gasteiger partial charge < -0.3 is 40.5 Å². The number of likely N-dealkylation sites (tertiary alicyclic amines) is 1. The van der Waals surface area contributed by atoms with Gasteiger partial charge >= 0.3 is 12.4 Å². The van der Waals surface area contributed by atoms with Crippen LogP contribution in [-0.4, -0.2) is 86.8 Å². The van der Waals surface area contributed by atoms with E-state index in [0.29, 0.717) is 96.3 Å². The van der Waals surface area contributed by atoms with E-state index in [4.69, 9.17) is 0 Å². The number of rotatable bonds is 11. The summed E-state index contributed by atoms with van der Waals surface area (Å²) in [7, 11) is 0. The largest absolute Gasteiger partial charge is 0.573 e. The Hall–Kier alpha value is -5.19. The van der Waals surface area contributed by atoms with E-state index in [1.807, 2.05) is 4.57 Å². The number of nitrogens with one attached hydrogen (secondary N) is 4. The molecule has 4 heterocycles. The topological polar surface area (TPSA) is 179 Å². The molecule has 2 aliphatic rings. The molecule has 0 saturated carbocycles. The molecule has 4 aromatic rings. The van der Waals surface area contributed by atoms with E-state index in [0.717, 1.165) is 12.1 Å². The molecule has 1 unspecified atom stereocenters. The van der Waals surface area contributed by atoms with Crippen molar-refractivity contribution in [3.05, 3.63) is 42.0 Å². The van der Waals surface area contributed by atoms with Crippen LogP contribution in [0.5, 0.6) is 11.6 Å². The number of carbonyl (C=O) groups is 4. The van der Waals surface area contributed by atoms with Crippen LogP contribution in [0.2, 0.25) is 0 Å². The van der Waals surface area contributed by atoms with E-state index in [1.165, 1.54) is 12.1 Å². The van der Waals surface area contributed by atoms with Gasteiger partial charge in [0.25, 0.3) is 0 Å². The lowest BCUT2D eigenvalue weighted by Crippen LogP contribution is -2.46. The fraction of sp³-hybridized carbons (Fsp3) is 0.438. The Morgan fingerprint density at radius 2 is 1.76 bits per heavy atom. The Morgan fingerprint density at radius 3 is 2.45 bits per heavy atom. The maximum Gasteiger partial charge on any atom is 0.573 e. The number of anilines is 1. The highest BCUT2D eigenvalue weighted by atomic mass is 19.4. The molecule has 49 heavy (non-hydrogen) atoms. The highest BCUT2D eigenvalue weighted by Gasteiger charge is 2.34. The number of urea groups is 1. The summed E-state index contributed by atoms with van der Waals surface area (Å²) in [6.45, 7) is 2.65. The average Bonchev–Trinajstić information content (AvgIpc) is 3.42. The molecule has 5 amide bonds. The summed E-state index contributed by atoms with van der Waals surface area (Å²) in [5.74, 6) is -2.11. The first-order valence-electron chi connectivity index (χ1n) is 16.0. The lowest BCUT2D eigenvalue weighted by atomic mass is 9.89. The zero-order valence-corrected chi connectivity index (χ0v) is 26.3. The third-order valence-electron chi connectivity index (χ3n) is 9.02. The van der Waals surface area contributed by atoms with E-state index < -0.39 is 24.2 Å². The van der Waals surface area contributed by atoms with Gasteiger partial charge in [-0.05, 0) is 61.6 Å². The Kier molecular flexibility index (Phi) is 9.45. The first-order chi connectivity index (χ1) is 23.4. The molecule has 2 fully saturated rings. The molecule has 6 rings (SSSR count). The van der Waals surface area contributed by atoms with Crippen molar-refractivity contribution >= 4 is 51.4 Å². The summed E-state index contributed by atoms with van der Waals surface area (Å²) in [5.41, 5.74) is 1.99. The molecule has 2 aliphatic heterocycles. The van der Waals surface area contributed by atoms with E-state index >= 15 is 0 Å². The number of alkyl halides is 3.